The van der Waals surface area contributed by atoms with Gasteiger partial charge in [-0.2, -0.15) is 0 Å². The molecule has 0 saturated carbocycles. The zero-order valence-electron chi connectivity index (χ0n) is 29.9. The van der Waals surface area contributed by atoms with E-state index in [1.807, 2.05) is 0 Å². The molecule has 1 aliphatic rings. The largest absolute Gasteiger partial charge is 0.384 e. The fraction of sp³-hybridized carbons (Fsp3) is 0.974. The molecule has 1 heterocycles. The minimum Gasteiger partial charge on any atom is -0.384 e. The second kappa shape index (κ2) is 30.0. The Hall–Kier alpha value is -0.650. The van der Waals surface area contributed by atoms with Crippen molar-refractivity contribution in [1.29, 1.82) is 0 Å². The van der Waals surface area contributed by atoms with Gasteiger partial charge < -0.3 is 14.5 Å². The number of nitrogens with zero attached hydrogens (tertiary/aromatic N) is 3. The molecule has 256 valence electrons. The lowest BCUT2D eigenvalue weighted by atomic mass is 9.98. The summed E-state index contributed by atoms with van der Waals surface area (Å²) in [5, 5.41) is 0. The average Bonchev–Trinajstić information content (AvgIpc) is 3.02. The Morgan fingerprint density at radius 3 is 1.35 bits per heavy atom. The minimum absolute atomic E-state index is 0.351. The molecular formula is C38H77N3O2. The van der Waals surface area contributed by atoms with Crippen LogP contribution in [0.5, 0.6) is 0 Å². The van der Waals surface area contributed by atoms with Gasteiger partial charge in [-0.25, -0.2) is 0 Å². The number of carbonyl (C=O) groups is 1. The van der Waals surface area contributed by atoms with Crippen molar-refractivity contribution in [2.24, 2.45) is 5.92 Å². The number of hydrogen-bond acceptors (Lipinski definition) is 4. The zero-order valence-corrected chi connectivity index (χ0v) is 29.9. The third kappa shape index (κ3) is 23.4. The van der Waals surface area contributed by atoms with Crippen LogP contribution in [0, 0.1) is 5.92 Å². The first-order valence-electron chi connectivity index (χ1n) is 19.4. The van der Waals surface area contributed by atoms with E-state index >= 15 is 0 Å². The van der Waals surface area contributed by atoms with Crippen LogP contribution in [0.15, 0.2) is 0 Å². The predicted molar refractivity (Wildman–Crippen MR) is 188 cm³/mol. The SMILES string of the molecule is CCCCCCCCCN(CCCCCCCCC)CCN(CCCCCCCCC)CC(=O)N1CCC(COC)CC1. The van der Waals surface area contributed by atoms with E-state index in [9.17, 15) is 4.79 Å². The van der Waals surface area contributed by atoms with Gasteiger partial charge in [-0.1, -0.05) is 136 Å². The van der Waals surface area contributed by atoms with Gasteiger partial charge in [0.15, 0.2) is 0 Å². The number of amides is 1. The summed E-state index contributed by atoms with van der Waals surface area (Å²) in [6, 6.07) is 0. The maximum atomic E-state index is 13.4. The van der Waals surface area contributed by atoms with E-state index < -0.39 is 0 Å². The molecule has 0 N–H and O–H groups in total. The van der Waals surface area contributed by atoms with Gasteiger partial charge in [0, 0.05) is 39.9 Å². The van der Waals surface area contributed by atoms with Crippen molar-refractivity contribution < 1.29 is 9.53 Å². The quantitative estimate of drug-likeness (QED) is 0.0735. The number of piperidine rings is 1. The molecule has 0 aromatic carbocycles. The van der Waals surface area contributed by atoms with Crippen molar-refractivity contribution in [2.75, 3.05) is 66.1 Å². The third-order valence-electron chi connectivity index (χ3n) is 9.69. The minimum atomic E-state index is 0.351. The van der Waals surface area contributed by atoms with Gasteiger partial charge in [-0.15, -0.1) is 0 Å². The second-order valence-electron chi connectivity index (χ2n) is 13.8. The van der Waals surface area contributed by atoms with Crippen LogP contribution in [0.2, 0.25) is 0 Å². The Morgan fingerprint density at radius 2 is 0.930 bits per heavy atom. The van der Waals surface area contributed by atoms with Crippen molar-refractivity contribution in [3.63, 3.8) is 0 Å². The summed E-state index contributed by atoms with van der Waals surface area (Å²) in [4.78, 5) is 20.8. The molecular weight excluding hydrogens is 530 g/mol. The van der Waals surface area contributed by atoms with Gasteiger partial charge in [-0.05, 0) is 57.7 Å². The maximum absolute atomic E-state index is 13.4. The number of likely N-dealkylation sites (tertiary alicyclic amines) is 1. The summed E-state index contributed by atoms with van der Waals surface area (Å²) in [5.41, 5.74) is 0. The Kier molecular flexibility index (Phi) is 28.2. The van der Waals surface area contributed by atoms with Crippen molar-refractivity contribution in [2.45, 2.75) is 168 Å². The van der Waals surface area contributed by atoms with Gasteiger partial charge in [0.05, 0.1) is 6.54 Å². The van der Waals surface area contributed by atoms with Gasteiger partial charge in [0.1, 0.15) is 0 Å². The van der Waals surface area contributed by atoms with Crippen molar-refractivity contribution in [3.8, 4) is 0 Å². The summed E-state index contributed by atoms with van der Waals surface area (Å²) in [6.45, 7) is 15.8. The highest BCUT2D eigenvalue weighted by Gasteiger charge is 2.24. The van der Waals surface area contributed by atoms with Crippen LogP contribution in [-0.2, 0) is 9.53 Å². The van der Waals surface area contributed by atoms with Gasteiger partial charge in [-0.3, -0.25) is 9.69 Å². The van der Waals surface area contributed by atoms with Crippen molar-refractivity contribution in [3.05, 3.63) is 0 Å². The van der Waals surface area contributed by atoms with Crippen LogP contribution >= 0.6 is 0 Å². The van der Waals surface area contributed by atoms with Gasteiger partial charge in [0.2, 0.25) is 5.91 Å². The van der Waals surface area contributed by atoms with E-state index in [4.69, 9.17) is 4.74 Å². The van der Waals surface area contributed by atoms with E-state index in [2.05, 4.69) is 35.5 Å². The molecule has 0 aromatic rings. The summed E-state index contributed by atoms with van der Waals surface area (Å²) in [7, 11) is 1.80. The fourth-order valence-corrected chi connectivity index (χ4v) is 6.64. The van der Waals surface area contributed by atoms with E-state index in [1.165, 1.54) is 148 Å². The van der Waals surface area contributed by atoms with Crippen LogP contribution < -0.4 is 0 Å². The molecule has 5 nitrogen and oxygen atoms in total. The second-order valence-corrected chi connectivity index (χ2v) is 13.8. The number of hydrogen-bond donors (Lipinski definition) is 0. The first-order valence-corrected chi connectivity index (χ1v) is 19.4. The standard InChI is InChI=1S/C38H77N3O2/c1-5-8-11-14-17-20-23-28-39(29-24-21-18-15-12-9-6-2)33-34-40(30-25-22-19-16-13-10-7-3)35-38(42)41-31-26-37(27-32-41)36-43-4/h37H,5-36H2,1-4H3. The van der Waals surface area contributed by atoms with Crippen molar-refractivity contribution in [1.82, 2.24) is 14.7 Å². The van der Waals surface area contributed by atoms with Crippen LogP contribution in [0.1, 0.15) is 168 Å². The van der Waals surface area contributed by atoms with Crippen LogP contribution in [0.4, 0.5) is 0 Å². The Bertz CT molecular complexity index is 576. The summed E-state index contributed by atoms with van der Waals surface area (Å²) in [5.74, 6) is 0.967. The third-order valence-corrected chi connectivity index (χ3v) is 9.69. The van der Waals surface area contributed by atoms with Crippen molar-refractivity contribution >= 4 is 5.91 Å². The van der Waals surface area contributed by atoms with Crippen LogP contribution in [0.3, 0.4) is 0 Å². The molecule has 0 atom stereocenters. The number of methoxy groups -OCH3 is 1. The first kappa shape index (κ1) is 40.4. The Balaban J connectivity index is 2.60. The predicted octanol–water partition coefficient (Wildman–Crippen LogP) is 9.73. The molecule has 0 aromatic heterocycles. The molecule has 1 rings (SSSR count). The van der Waals surface area contributed by atoms with Crippen LogP contribution in [-0.4, -0.2) is 86.7 Å². The number of rotatable bonds is 31. The monoisotopic (exact) mass is 608 g/mol. The molecule has 43 heavy (non-hydrogen) atoms. The van der Waals surface area contributed by atoms with E-state index in [0.29, 0.717) is 18.4 Å². The highest BCUT2D eigenvalue weighted by Crippen LogP contribution is 2.18. The average molecular weight is 608 g/mol. The molecule has 0 unspecified atom stereocenters. The summed E-state index contributed by atoms with van der Waals surface area (Å²) in [6.07, 6.45) is 30.7. The molecule has 1 fully saturated rings. The molecule has 1 aliphatic heterocycles. The topological polar surface area (TPSA) is 36.0 Å². The Labute approximate surface area is 270 Å². The Morgan fingerprint density at radius 1 is 0.558 bits per heavy atom. The summed E-state index contributed by atoms with van der Waals surface area (Å²) >= 11 is 0. The molecule has 1 amide bonds. The number of ether oxygens (including phenoxy) is 1. The molecule has 0 spiro atoms. The van der Waals surface area contributed by atoms with E-state index in [1.54, 1.807) is 7.11 Å². The number of carbonyl (C=O) groups excluding carboxylic acids is 1. The first-order chi connectivity index (χ1) is 21.1. The van der Waals surface area contributed by atoms with E-state index in [0.717, 1.165) is 52.2 Å². The highest BCUT2D eigenvalue weighted by molar-refractivity contribution is 5.78. The molecule has 0 bridgehead atoms. The van der Waals surface area contributed by atoms with Crippen LogP contribution in [0.25, 0.3) is 0 Å². The molecule has 0 aliphatic carbocycles. The number of unbranched alkanes of at least 4 members (excludes halogenated alkanes) is 18. The fourth-order valence-electron chi connectivity index (χ4n) is 6.64. The zero-order chi connectivity index (χ0) is 31.2. The molecule has 1 saturated heterocycles. The molecule has 5 heteroatoms. The van der Waals surface area contributed by atoms with E-state index in [-0.39, 0.29) is 0 Å². The lowest BCUT2D eigenvalue weighted by Crippen LogP contribution is -2.46. The maximum Gasteiger partial charge on any atom is 0.236 e. The summed E-state index contributed by atoms with van der Waals surface area (Å²) < 4.78 is 5.38. The van der Waals surface area contributed by atoms with Gasteiger partial charge >= 0.3 is 0 Å². The highest BCUT2D eigenvalue weighted by atomic mass is 16.5. The van der Waals surface area contributed by atoms with Gasteiger partial charge in [0.25, 0.3) is 0 Å². The smallest absolute Gasteiger partial charge is 0.236 e. The molecule has 0 radical (unpaired) electrons. The normalized spacial score (nSPS) is 14.4. The lowest BCUT2D eigenvalue weighted by molar-refractivity contribution is -0.134. The lowest BCUT2D eigenvalue weighted by Gasteiger charge is -2.34.